The minimum absolute atomic E-state index is 0.0927. The quantitative estimate of drug-likeness (QED) is 0.444. The zero-order chi connectivity index (χ0) is 8.85. The van der Waals surface area contributed by atoms with Gasteiger partial charge in [0, 0.05) is 6.54 Å². The van der Waals surface area contributed by atoms with Crippen LogP contribution in [0.1, 0.15) is 6.42 Å². The number of carbonyl (C=O) groups excluding carboxylic acids is 1. The molecule has 0 fully saturated rings. The molecule has 0 rings (SSSR count). The Labute approximate surface area is 77.7 Å². The molecule has 2 unspecified atom stereocenters. The van der Waals surface area contributed by atoms with Gasteiger partial charge in [0.05, 0.1) is 11.3 Å². The lowest BCUT2D eigenvalue weighted by Crippen LogP contribution is -2.39. The summed E-state index contributed by atoms with van der Waals surface area (Å²) in [7, 11) is 0. The van der Waals surface area contributed by atoms with E-state index in [1.807, 2.05) is 0 Å². The van der Waals surface area contributed by atoms with Gasteiger partial charge in [-0.3, -0.25) is 4.79 Å². The molecule has 0 bridgehead atoms. The van der Waals surface area contributed by atoms with Crippen LogP contribution in [0.3, 0.4) is 0 Å². The molecule has 0 amide bonds. The van der Waals surface area contributed by atoms with Crippen molar-refractivity contribution in [1.29, 1.82) is 0 Å². The first-order valence-electron chi connectivity index (χ1n) is 3.41. The molecule has 0 aromatic rings. The number of Topliss-reactive ketones (excluding diaryl/α,β-unsaturated/α-hetero) is 1. The van der Waals surface area contributed by atoms with Crippen LogP contribution in [0.2, 0.25) is 0 Å². The topological polar surface area (TPSA) is 69.1 Å². The second kappa shape index (κ2) is 5.88. The molecule has 0 aliphatic carbocycles. The van der Waals surface area contributed by atoms with Crippen LogP contribution in [-0.4, -0.2) is 29.4 Å². The van der Waals surface area contributed by atoms with E-state index in [1.165, 1.54) is 0 Å². The fraction of sp³-hybridized carbons (Fsp3) is 0.833. The van der Waals surface area contributed by atoms with Crippen LogP contribution in [0.5, 0.6) is 0 Å². The standard InChI is InChI=1S/C6H14N2OS2/c7-3-5(11)6(9)4(8)1-2-10/h4-5,10-11H,1-3,7-8H2. The third-order valence-electron chi connectivity index (χ3n) is 1.36. The van der Waals surface area contributed by atoms with Gasteiger partial charge >= 0.3 is 0 Å². The first-order chi connectivity index (χ1) is 5.13. The molecule has 4 N–H and O–H groups in total. The maximum atomic E-state index is 11.1. The van der Waals surface area contributed by atoms with E-state index in [-0.39, 0.29) is 12.3 Å². The summed E-state index contributed by atoms with van der Waals surface area (Å²) in [6.45, 7) is 0.238. The average molecular weight is 194 g/mol. The fourth-order valence-electron chi connectivity index (χ4n) is 0.645. The van der Waals surface area contributed by atoms with Gasteiger partial charge in [0.15, 0.2) is 5.78 Å². The summed E-state index contributed by atoms with van der Waals surface area (Å²) in [5, 5.41) is -0.426. The zero-order valence-corrected chi connectivity index (χ0v) is 8.02. The number of carbonyl (C=O) groups is 1. The highest BCUT2D eigenvalue weighted by atomic mass is 32.1. The third kappa shape index (κ3) is 4.00. The largest absolute Gasteiger partial charge is 0.329 e. The third-order valence-corrected chi connectivity index (χ3v) is 2.08. The second-order valence-corrected chi connectivity index (χ2v) is 3.34. The highest BCUT2D eigenvalue weighted by molar-refractivity contribution is 7.81. The average Bonchev–Trinajstić information content (AvgIpc) is 2.02. The molecule has 11 heavy (non-hydrogen) atoms. The van der Waals surface area contributed by atoms with Crippen molar-refractivity contribution in [2.24, 2.45) is 11.5 Å². The molecule has 0 spiro atoms. The van der Waals surface area contributed by atoms with Crippen LogP contribution in [0.15, 0.2) is 0 Å². The van der Waals surface area contributed by atoms with E-state index >= 15 is 0 Å². The van der Waals surface area contributed by atoms with E-state index in [1.54, 1.807) is 0 Å². The highest BCUT2D eigenvalue weighted by Crippen LogP contribution is 2.01. The Morgan fingerprint density at radius 3 is 2.45 bits per heavy atom. The smallest absolute Gasteiger partial charge is 0.163 e. The number of ketones is 1. The molecular weight excluding hydrogens is 180 g/mol. The van der Waals surface area contributed by atoms with Crippen LogP contribution in [0.4, 0.5) is 0 Å². The van der Waals surface area contributed by atoms with Gasteiger partial charge in [0.2, 0.25) is 0 Å². The Morgan fingerprint density at radius 2 is 2.09 bits per heavy atom. The minimum atomic E-state index is -0.460. The highest BCUT2D eigenvalue weighted by Gasteiger charge is 2.18. The lowest BCUT2D eigenvalue weighted by atomic mass is 10.1. The molecule has 0 aliphatic rings. The predicted octanol–water partition coefficient (Wildman–Crippen LogP) is -0.540. The van der Waals surface area contributed by atoms with Gasteiger partial charge in [-0.05, 0) is 12.2 Å². The predicted molar refractivity (Wildman–Crippen MR) is 53.3 cm³/mol. The summed E-state index contributed by atoms with van der Waals surface area (Å²) in [5.74, 6) is 0.516. The maximum absolute atomic E-state index is 11.1. The molecule has 0 saturated carbocycles. The zero-order valence-electron chi connectivity index (χ0n) is 6.23. The van der Waals surface area contributed by atoms with Crippen molar-refractivity contribution in [1.82, 2.24) is 0 Å². The summed E-state index contributed by atoms with van der Waals surface area (Å²) in [6, 6.07) is -0.460. The number of thiol groups is 2. The Balaban J connectivity index is 3.81. The molecule has 5 heteroatoms. The lowest BCUT2D eigenvalue weighted by molar-refractivity contribution is -0.119. The molecule has 3 nitrogen and oxygen atoms in total. The van der Waals surface area contributed by atoms with Crippen LogP contribution in [0.25, 0.3) is 0 Å². The lowest BCUT2D eigenvalue weighted by Gasteiger charge is -2.12. The van der Waals surface area contributed by atoms with E-state index in [9.17, 15) is 4.79 Å². The van der Waals surface area contributed by atoms with Crippen LogP contribution < -0.4 is 11.5 Å². The van der Waals surface area contributed by atoms with Crippen molar-refractivity contribution in [2.75, 3.05) is 12.3 Å². The van der Waals surface area contributed by atoms with Crippen LogP contribution in [0, 0.1) is 0 Å². The van der Waals surface area contributed by atoms with Gasteiger partial charge < -0.3 is 11.5 Å². The van der Waals surface area contributed by atoms with Gasteiger partial charge in [0.25, 0.3) is 0 Å². The summed E-state index contributed by atoms with van der Waals surface area (Å²) in [6.07, 6.45) is 0.582. The minimum Gasteiger partial charge on any atom is -0.329 e. The van der Waals surface area contributed by atoms with Crippen molar-refractivity contribution >= 4 is 31.0 Å². The number of hydrogen-bond acceptors (Lipinski definition) is 5. The molecule has 0 heterocycles. The van der Waals surface area contributed by atoms with Gasteiger partial charge in [0.1, 0.15) is 0 Å². The van der Waals surface area contributed by atoms with Crippen LogP contribution in [-0.2, 0) is 4.79 Å². The normalized spacial score (nSPS) is 16.0. The molecular formula is C6H14N2OS2. The molecule has 0 aliphatic heterocycles. The van der Waals surface area contributed by atoms with Crippen molar-refractivity contribution in [3.8, 4) is 0 Å². The maximum Gasteiger partial charge on any atom is 0.163 e. The summed E-state index contributed by atoms with van der Waals surface area (Å²) in [4.78, 5) is 11.1. The van der Waals surface area contributed by atoms with Crippen LogP contribution >= 0.6 is 25.3 Å². The van der Waals surface area contributed by atoms with Gasteiger partial charge in [-0.2, -0.15) is 25.3 Å². The molecule has 0 aromatic carbocycles. The molecule has 0 radical (unpaired) electrons. The molecule has 0 aromatic heterocycles. The number of nitrogens with two attached hydrogens (primary N) is 2. The van der Waals surface area contributed by atoms with E-state index in [4.69, 9.17) is 11.5 Å². The first kappa shape index (κ1) is 11.3. The Bertz CT molecular complexity index is 132. The summed E-state index contributed by atoms with van der Waals surface area (Å²) < 4.78 is 0. The van der Waals surface area contributed by atoms with E-state index in [2.05, 4.69) is 25.3 Å². The van der Waals surface area contributed by atoms with Gasteiger partial charge in [-0.15, -0.1) is 0 Å². The van der Waals surface area contributed by atoms with Gasteiger partial charge in [-0.25, -0.2) is 0 Å². The van der Waals surface area contributed by atoms with E-state index in [0.717, 1.165) is 0 Å². The summed E-state index contributed by atoms with van der Waals surface area (Å²) >= 11 is 7.94. The van der Waals surface area contributed by atoms with Crippen molar-refractivity contribution in [3.63, 3.8) is 0 Å². The summed E-state index contributed by atoms with van der Waals surface area (Å²) in [5.41, 5.74) is 10.7. The molecule has 2 atom stereocenters. The first-order valence-corrected chi connectivity index (χ1v) is 4.56. The number of rotatable bonds is 5. The van der Waals surface area contributed by atoms with Crippen molar-refractivity contribution in [3.05, 3.63) is 0 Å². The Morgan fingerprint density at radius 1 is 1.55 bits per heavy atom. The number of hydrogen-bond donors (Lipinski definition) is 4. The van der Waals surface area contributed by atoms with Gasteiger partial charge in [-0.1, -0.05) is 0 Å². The SMILES string of the molecule is NCC(S)C(=O)C(N)CCS. The van der Waals surface area contributed by atoms with Crippen molar-refractivity contribution < 1.29 is 4.79 Å². The molecule has 66 valence electrons. The fourth-order valence-corrected chi connectivity index (χ4v) is 1.11. The van der Waals surface area contributed by atoms with Crippen molar-refractivity contribution in [2.45, 2.75) is 17.7 Å². The Hall–Kier alpha value is 0.290. The molecule has 0 saturated heterocycles. The second-order valence-electron chi connectivity index (χ2n) is 2.27. The monoisotopic (exact) mass is 194 g/mol. The van der Waals surface area contributed by atoms with E-state index in [0.29, 0.717) is 12.2 Å². The van der Waals surface area contributed by atoms with E-state index < -0.39 is 11.3 Å². The Kier molecular flexibility index (Phi) is 6.03.